The minimum absolute atomic E-state index is 0.0469. The number of aryl methyl sites for hydroxylation is 1. The fraction of sp³-hybridized carbons (Fsp3) is 0.357. The monoisotopic (exact) mass is 299 g/mol. The first-order chi connectivity index (χ1) is 9.68. The van der Waals surface area contributed by atoms with E-state index in [-0.39, 0.29) is 12.1 Å². The van der Waals surface area contributed by atoms with Crippen LogP contribution < -0.4 is 5.32 Å². The van der Waals surface area contributed by atoms with Crippen LogP contribution in [0.3, 0.4) is 0 Å². The Labute approximate surface area is 120 Å². The van der Waals surface area contributed by atoms with Gasteiger partial charge in [-0.15, -0.1) is 0 Å². The molecule has 0 radical (unpaired) electrons. The summed E-state index contributed by atoms with van der Waals surface area (Å²) in [5, 5.41) is 17.4. The second kappa shape index (κ2) is 5.40. The molecule has 2 rings (SSSR count). The van der Waals surface area contributed by atoms with E-state index in [1.807, 2.05) is 0 Å². The Bertz CT molecular complexity index is 620. The summed E-state index contributed by atoms with van der Waals surface area (Å²) in [7, 11) is 1.75. The Morgan fingerprint density at radius 2 is 1.90 bits per heavy atom. The number of anilines is 1. The molecule has 2 aromatic rings. The van der Waals surface area contributed by atoms with E-state index in [1.54, 1.807) is 24.0 Å². The molecule has 0 amide bonds. The van der Waals surface area contributed by atoms with Crippen molar-refractivity contribution in [3.05, 3.63) is 47.7 Å². The van der Waals surface area contributed by atoms with Crippen LogP contribution >= 0.6 is 0 Å². The third-order valence-corrected chi connectivity index (χ3v) is 3.14. The second-order valence-electron chi connectivity index (χ2n) is 5.08. The zero-order chi connectivity index (χ0) is 15.7. The lowest BCUT2D eigenvalue weighted by atomic mass is 9.94. The number of halogens is 3. The van der Waals surface area contributed by atoms with Crippen molar-refractivity contribution in [1.29, 1.82) is 0 Å². The van der Waals surface area contributed by atoms with Crippen LogP contribution in [0, 0.1) is 0 Å². The first-order valence-electron chi connectivity index (χ1n) is 6.32. The maximum atomic E-state index is 12.7. The number of hydrogen-bond acceptors (Lipinski definition) is 3. The number of aliphatic hydroxyl groups is 1. The lowest BCUT2D eigenvalue weighted by Gasteiger charge is -2.25. The molecule has 0 fully saturated rings. The van der Waals surface area contributed by atoms with Crippen molar-refractivity contribution in [2.75, 3.05) is 11.9 Å². The Morgan fingerprint density at radius 3 is 2.48 bits per heavy atom. The summed E-state index contributed by atoms with van der Waals surface area (Å²) < 4.78 is 39.7. The van der Waals surface area contributed by atoms with E-state index in [0.717, 1.165) is 12.1 Å². The van der Waals surface area contributed by atoms with Crippen LogP contribution in [0.5, 0.6) is 0 Å². The number of hydrogen-bond donors (Lipinski definition) is 2. The molecule has 21 heavy (non-hydrogen) atoms. The number of benzene rings is 1. The minimum atomic E-state index is -4.43. The van der Waals surface area contributed by atoms with Gasteiger partial charge in [0.2, 0.25) is 0 Å². The van der Waals surface area contributed by atoms with Crippen molar-refractivity contribution >= 4 is 5.82 Å². The zero-order valence-electron chi connectivity index (χ0n) is 11.6. The average molecular weight is 299 g/mol. The average Bonchev–Trinajstić information content (AvgIpc) is 2.82. The van der Waals surface area contributed by atoms with Crippen LogP contribution in [0.2, 0.25) is 0 Å². The normalized spacial score (nSPS) is 14.8. The van der Waals surface area contributed by atoms with Gasteiger partial charge in [0.15, 0.2) is 0 Å². The molecule has 1 aromatic heterocycles. The molecular formula is C14H16F3N3O. The van der Waals surface area contributed by atoms with Crippen LogP contribution in [0.15, 0.2) is 36.5 Å². The van der Waals surface area contributed by atoms with Crippen LogP contribution in [0.25, 0.3) is 0 Å². The summed E-state index contributed by atoms with van der Waals surface area (Å²) in [6, 6.07) is 6.40. The van der Waals surface area contributed by atoms with Crippen LogP contribution in [-0.2, 0) is 18.8 Å². The fourth-order valence-electron chi connectivity index (χ4n) is 1.90. The Kier molecular flexibility index (Phi) is 3.95. The predicted molar refractivity (Wildman–Crippen MR) is 72.7 cm³/mol. The summed E-state index contributed by atoms with van der Waals surface area (Å²) in [6.07, 6.45) is -2.71. The van der Waals surface area contributed by atoms with Crippen molar-refractivity contribution in [3.63, 3.8) is 0 Å². The molecular weight excluding hydrogens is 283 g/mol. The topological polar surface area (TPSA) is 50.1 Å². The highest BCUT2D eigenvalue weighted by molar-refractivity contribution is 5.35. The maximum Gasteiger partial charge on any atom is 0.416 e. The quantitative estimate of drug-likeness (QED) is 0.912. The van der Waals surface area contributed by atoms with Gasteiger partial charge in [0.25, 0.3) is 0 Å². The standard InChI is InChI=1S/C14H16F3N3O/c1-13(21,9-18-12-6-7-20(2)19-12)10-4-3-5-11(8-10)14(15,16)17/h3-8,21H,9H2,1-2H3,(H,18,19). The largest absolute Gasteiger partial charge is 0.416 e. The Hall–Kier alpha value is -2.02. The molecule has 7 heteroatoms. The molecule has 0 aliphatic carbocycles. The van der Waals surface area contributed by atoms with E-state index in [2.05, 4.69) is 10.4 Å². The third kappa shape index (κ3) is 3.75. The van der Waals surface area contributed by atoms with Crippen molar-refractivity contribution in [3.8, 4) is 0 Å². The van der Waals surface area contributed by atoms with Gasteiger partial charge in [0.1, 0.15) is 11.4 Å². The van der Waals surface area contributed by atoms with Gasteiger partial charge in [-0.2, -0.15) is 18.3 Å². The van der Waals surface area contributed by atoms with E-state index < -0.39 is 17.3 Å². The van der Waals surface area contributed by atoms with E-state index >= 15 is 0 Å². The Morgan fingerprint density at radius 1 is 1.24 bits per heavy atom. The molecule has 4 nitrogen and oxygen atoms in total. The maximum absolute atomic E-state index is 12.7. The van der Waals surface area contributed by atoms with Crippen molar-refractivity contribution in [2.45, 2.75) is 18.7 Å². The molecule has 1 heterocycles. The molecule has 0 spiro atoms. The smallest absolute Gasteiger partial charge is 0.384 e. The van der Waals surface area contributed by atoms with Crippen LogP contribution in [-0.4, -0.2) is 21.4 Å². The zero-order valence-corrected chi connectivity index (χ0v) is 11.6. The molecule has 1 unspecified atom stereocenters. The van der Waals surface area contributed by atoms with Gasteiger partial charge < -0.3 is 10.4 Å². The molecule has 1 aromatic carbocycles. The molecule has 114 valence electrons. The SMILES string of the molecule is Cn1ccc(NCC(C)(O)c2cccc(C(F)(F)F)c2)n1. The fourth-order valence-corrected chi connectivity index (χ4v) is 1.90. The Balaban J connectivity index is 2.15. The molecule has 0 saturated heterocycles. The van der Waals surface area contributed by atoms with Gasteiger partial charge in [0.05, 0.1) is 5.56 Å². The van der Waals surface area contributed by atoms with Crippen molar-refractivity contribution in [1.82, 2.24) is 9.78 Å². The number of rotatable bonds is 4. The first kappa shape index (κ1) is 15.4. The molecule has 0 saturated carbocycles. The number of aromatic nitrogens is 2. The van der Waals surface area contributed by atoms with Gasteiger partial charge in [-0.05, 0) is 24.6 Å². The number of alkyl halides is 3. The van der Waals surface area contributed by atoms with E-state index in [4.69, 9.17) is 0 Å². The highest BCUT2D eigenvalue weighted by Crippen LogP contribution is 2.32. The number of nitrogens with zero attached hydrogens (tertiary/aromatic N) is 2. The van der Waals surface area contributed by atoms with Crippen LogP contribution in [0.4, 0.5) is 19.0 Å². The van der Waals surface area contributed by atoms with Gasteiger partial charge in [-0.1, -0.05) is 12.1 Å². The van der Waals surface area contributed by atoms with Gasteiger partial charge in [-0.3, -0.25) is 4.68 Å². The summed E-state index contributed by atoms with van der Waals surface area (Å²) in [6.45, 7) is 1.50. The summed E-state index contributed by atoms with van der Waals surface area (Å²) in [5.41, 5.74) is -2.03. The van der Waals surface area contributed by atoms with E-state index in [0.29, 0.717) is 5.82 Å². The number of nitrogens with one attached hydrogen (secondary N) is 1. The highest BCUT2D eigenvalue weighted by Gasteiger charge is 2.32. The third-order valence-electron chi connectivity index (χ3n) is 3.14. The molecule has 2 N–H and O–H groups in total. The van der Waals surface area contributed by atoms with Gasteiger partial charge in [-0.25, -0.2) is 0 Å². The van der Waals surface area contributed by atoms with Crippen LogP contribution in [0.1, 0.15) is 18.1 Å². The lowest BCUT2D eigenvalue weighted by molar-refractivity contribution is -0.137. The summed E-state index contributed by atoms with van der Waals surface area (Å²) >= 11 is 0. The molecule has 0 aliphatic rings. The van der Waals surface area contributed by atoms with Crippen molar-refractivity contribution in [2.24, 2.45) is 7.05 Å². The first-order valence-corrected chi connectivity index (χ1v) is 6.32. The van der Waals surface area contributed by atoms with Crippen molar-refractivity contribution < 1.29 is 18.3 Å². The second-order valence-corrected chi connectivity index (χ2v) is 5.08. The van der Waals surface area contributed by atoms with E-state index in [9.17, 15) is 18.3 Å². The summed E-state index contributed by atoms with van der Waals surface area (Å²) in [4.78, 5) is 0. The lowest BCUT2D eigenvalue weighted by Crippen LogP contribution is -2.31. The minimum Gasteiger partial charge on any atom is -0.384 e. The summed E-state index contributed by atoms with van der Waals surface area (Å²) in [5.74, 6) is 0.546. The predicted octanol–water partition coefficient (Wildman–Crippen LogP) is 2.76. The molecule has 0 bridgehead atoms. The van der Waals surface area contributed by atoms with E-state index in [1.165, 1.54) is 19.1 Å². The van der Waals surface area contributed by atoms with Gasteiger partial charge in [0, 0.05) is 25.9 Å². The highest BCUT2D eigenvalue weighted by atomic mass is 19.4. The van der Waals surface area contributed by atoms with Gasteiger partial charge >= 0.3 is 6.18 Å². The molecule has 1 atom stereocenters. The molecule has 0 aliphatic heterocycles.